The van der Waals surface area contributed by atoms with E-state index in [0.29, 0.717) is 25.5 Å². The number of hydrogen-bond acceptors (Lipinski definition) is 6. The molecular formula is C27H33N5O2. The Hall–Kier alpha value is -3.61. The lowest BCUT2D eigenvalue weighted by Crippen LogP contribution is -2.55. The predicted octanol–water partition coefficient (Wildman–Crippen LogP) is 5.12. The van der Waals surface area contributed by atoms with Crippen molar-refractivity contribution in [2.24, 2.45) is 0 Å². The molecule has 0 bridgehead atoms. The summed E-state index contributed by atoms with van der Waals surface area (Å²) in [5.41, 5.74) is 1.82. The van der Waals surface area contributed by atoms with Crippen LogP contribution in [0.2, 0.25) is 0 Å². The fraction of sp³-hybridized carbons (Fsp3) is 0.370. The number of ether oxygens (including phenoxy) is 1. The number of benzene rings is 2. The van der Waals surface area contributed by atoms with Gasteiger partial charge in [-0.25, -0.2) is 14.8 Å². The summed E-state index contributed by atoms with van der Waals surface area (Å²) in [4.78, 5) is 25.8. The van der Waals surface area contributed by atoms with Crippen LogP contribution >= 0.6 is 0 Å². The second kappa shape index (κ2) is 10.1. The lowest BCUT2D eigenvalue weighted by atomic mass is 9.99. The van der Waals surface area contributed by atoms with Gasteiger partial charge < -0.3 is 19.9 Å². The topological polar surface area (TPSA) is 70.6 Å². The number of piperazine rings is 1. The van der Waals surface area contributed by atoms with E-state index in [1.165, 1.54) is 0 Å². The van der Waals surface area contributed by atoms with Crippen LogP contribution in [0.4, 0.5) is 16.4 Å². The van der Waals surface area contributed by atoms with E-state index in [1.807, 2.05) is 64.1 Å². The van der Waals surface area contributed by atoms with Crippen molar-refractivity contribution in [3.63, 3.8) is 0 Å². The van der Waals surface area contributed by atoms with Crippen molar-refractivity contribution in [1.82, 2.24) is 14.9 Å². The molecule has 178 valence electrons. The maximum atomic E-state index is 12.5. The van der Waals surface area contributed by atoms with Crippen LogP contribution in [-0.4, -0.2) is 52.2 Å². The third-order valence-corrected chi connectivity index (χ3v) is 5.78. The van der Waals surface area contributed by atoms with Crippen LogP contribution in [0.25, 0.3) is 0 Å². The number of carbonyl (C=O) groups is 1. The average molecular weight is 460 g/mol. The van der Waals surface area contributed by atoms with Gasteiger partial charge in [-0.2, -0.15) is 0 Å². The Bertz CT molecular complexity index is 1030. The van der Waals surface area contributed by atoms with Crippen molar-refractivity contribution in [3.05, 3.63) is 84.2 Å². The van der Waals surface area contributed by atoms with E-state index in [1.54, 1.807) is 17.3 Å². The lowest BCUT2D eigenvalue weighted by molar-refractivity contribution is 0.0158. The number of nitrogens with zero attached hydrogens (tertiary/aromatic N) is 4. The Morgan fingerprint density at radius 2 is 1.59 bits per heavy atom. The highest BCUT2D eigenvalue weighted by Gasteiger charge is 2.31. The second-order valence-corrected chi connectivity index (χ2v) is 9.63. The summed E-state index contributed by atoms with van der Waals surface area (Å²) in [7, 11) is 0. The van der Waals surface area contributed by atoms with Crippen LogP contribution in [0.1, 0.15) is 44.9 Å². The Balaban J connectivity index is 1.43. The van der Waals surface area contributed by atoms with Crippen molar-refractivity contribution < 1.29 is 9.53 Å². The van der Waals surface area contributed by atoms with Gasteiger partial charge in [0.2, 0.25) is 0 Å². The Morgan fingerprint density at radius 3 is 2.09 bits per heavy atom. The number of hydrogen-bond donors (Lipinski definition) is 1. The molecule has 1 fully saturated rings. The van der Waals surface area contributed by atoms with Crippen LogP contribution in [-0.2, 0) is 4.74 Å². The zero-order valence-electron chi connectivity index (χ0n) is 20.3. The largest absolute Gasteiger partial charge is 0.444 e. The van der Waals surface area contributed by atoms with Crippen LogP contribution in [0.3, 0.4) is 0 Å². The van der Waals surface area contributed by atoms with Crippen LogP contribution in [0.5, 0.6) is 0 Å². The molecule has 0 unspecified atom stereocenters. The lowest BCUT2D eigenvalue weighted by Gasteiger charge is -2.40. The first-order chi connectivity index (χ1) is 16.3. The monoisotopic (exact) mass is 459 g/mol. The Morgan fingerprint density at radius 1 is 0.971 bits per heavy atom. The molecule has 0 aliphatic carbocycles. The van der Waals surface area contributed by atoms with Gasteiger partial charge in [0, 0.05) is 25.7 Å². The number of amides is 1. The smallest absolute Gasteiger partial charge is 0.410 e. The molecule has 1 aliphatic heterocycles. The second-order valence-electron chi connectivity index (χ2n) is 9.63. The highest BCUT2D eigenvalue weighted by Crippen LogP contribution is 2.26. The van der Waals surface area contributed by atoms with Gasteiger partial charge >= 0.3 is 6.09 Å². The minimum Gasteiger partial charge on any atom is -0.444 e. The highest BCUT2D eigenvalue weighted by atomic mass is 16.6. The van der Waals surface area contributed by atoms with Gasteiger partial charge in [-0.15, -0.1) is 0 Å². The van der Waals surface area contributed by atoms with Crippen molar-refractivity contribution in [1.29, 1.82) is 0 Å². The van der Waals surface area contributed by atoms with E-state index in [4.69, 9.17) is 4.74 Å². The molecule has 4 rings (SSSR count). The maximum absolute atomic E-state index is 12.5. The van der Waals surface area contributed by atoms with Gasteiger partial charge in [0.15, 0.2) is 0 Å². The summed E-state index contributed by atoms with van der Waals surface area (Å²) in [5.74, 6) is 1.51. The van der Waals surface area contributed by atoms with Gasteiger partial charge in [0.1, 0.15) is 17.2 Å². The summed E-state index contributed by atoms with van der Waals surface area (Å²) in [6.07, 6.45) is 3.31. The van der Waals surface area contributed by atoms with Crippen molar-refractivity contribution >= 4 is 17.7 Å². The fourth-order valence-corrected chi connectivity index (χ4v) is 4.11. The molecule has 7 heteroatoms. The first-order valence-electron chi connectivity index (χ1n) is 11.7. The van der Waals surface area contributed by atoms with Crippen molar-refractivity contribution in [3.8, 4) is 0 Å². The van der Waals surface area contributed by atoms with E-state index in [0.717, 1.165) is 16.9 Å². The molecule has 7 nitrogen and oxygen atoms in total. The first-order valence-corrected chi connectivity index (χ1v) is 11.7. The van der Waals surface area contributed by atoms with E-state index in [-0.39, 0.29) is 18.2 Å². The fourth-order valence-electron chi connectivity index (χ4n) is 4.11. The standard InChI is InChI=1S/C27H33N5O2/c1-20-19-31(15-16-32(20)26(33)34-27(2,3)4)24-18-28-23(17-29-24)30-25(21-11-7-5-8-12-21)22-13-9-6-10-14-22/h5-14,17-18,20,25H,15-16,19H2,1-4H3,(H,28,30)/t20-/m0/s1. The minimum atomic E-state index is -0.500. The quantitative estimate of drug-likeness (QED) is 0.571. The summed E-state index contributed by atoms with van der Waals surface area (Å²) < 4.78 is 5.55. The van der Waals surface area contributed by atoms with Crippen molar-refractivity contribution in [2.45, 2.75) is 45.4 Å². The van der Waals surface area contributed by atoms with Gasteiger partial charge in [-0.3, -0.25) is 0 Å². The molecule has 3 aromatic rings. The van der Waals surface area contributed by atoms with Gasteiger partial charge in [-0.1, -0.05) is 60.7 Å². The maximum Gasteiger partial charge on any atom is 0.410 e. The third-order valence-electron chi connectivity index (χ3n) is 5.78. The average Bonchev–Trinajstić information content (AvgIpc) is 2.83. The summed E-state index contributed by atoms with van der Waals surface area (Å²) in [5, 5.41) is 3.53. The summed E-state index contributed by atoms with van der Waals surface area (Å²) in [6.45, 7) is 9.63. The molecule has 1 N–H and O–H groups in total. The zero-order chi connectivity index (χ0) is 24.1. The summed E-state index contributed by atoms with van der Waals surface area (Å²) >= 11 is 0. The van der Waals surface area contributed by atoms with Gasteiger partial charge in [0.05, 0.1) is 18.4 Å². The molecule has 2 aromatic carbocycles. The molecule has 0 radical (unpaired) electrons. The van der Waals surface area contributed by atoms with Crippen LogP contribution in [0, 0.1) is 0 Å². The molecule has 1 saturated heterocycles. The molecule has 0 saturated carbocycles. The molecule has 1 amide bonds. The number of rotatable bonds is 5. The Labute approximate surface area is 201 Å². The molecule has 2 heterocycles. The number of aromatic nitrogens is 2. The van der Waals surface area contributed by atoms with Crippen molar-refractivity contribution in [2.75, 3.05) is 29.9 Å². The molecule has 1 aromatic heterocycles. The summed E-state index contributed by atoms with van der Waals surface area (Å²) in [6, 6.07) is 20.6. The number of anilines is 2. The van der Waals surface area contributed by atoms with Gasteiger partial charge in [0.25, 0.3) is 0 Å². The molecule has 34 heavy (non-hydrogen) atoms. The van der Waals surface area contributed by atoms with E-state index < -0.39 is 5.60 Å². The molecular weight excluding hydrogens is 426 g/mol. The molecule has 0 spiro atoms. The molecule has 1 aliphatic rings. The van der Waals surface area contributed by atoms with Crippen LogP contribution < -0.4 is 10.2 Å². The first kappa shape index (κ1) is 23.5. The Kier molecular flexibility index (Phi) is 7.01. The number of carbonyl (C=O) groups excluding carboxylic acids is 1. The molecule has 1 atom stereocenters. The van der Waals surface area contributed by atoms with E-state index in [2.05, 4.69) is 44.5 Å². The number of nitrogens with one attached hydrogen (secondary N) is 1. The minimum absolute atomic E-state index is 0.0174. The highest BCUT2D eigenvalue weighted by molar-refractivity contribution is 5.69. The van der Waals surface area contributed by atoms with E-state index >= 15 is 0 Å². The SMILES string of the molecule is C[C@H]1CN(c2cnc(NC(c3ccccc3)c3ccccc3)cn2)CCN1C(=O)OC(C)(C)C. The van der Waals surface area contributed by atoms with E-state index in [9.17, 15) is 4.79 Å². The zero-order valence-corrected chi connectivity index (χ0v) is 20.3. The van der Waals surface area contributed by atoms with Gasteiger partial charge in [-0.05, 0) is 38.8 Å². The predicted molar refractivity (Wildman–Crippen MR) is 135 cm³/mol. The normalized spacial score (nSPS) is 16.4. The third kappa shape index (κ3) is 5.84. The van der Waals surface area contributed by atoms with Crippen LogP contribution in [0.15, 0.2) is 73.1 Å².